The Bertz CT molecular complexity index is 684. The van der Waals surface area contributed by atoms with Crippen LogP contribution in [0.15, 0.2) is 18.2 Å². The fourth-order valence-electron chi connectivity index (χ4n) is 2.05. The van der Waals surface area contributed by atoms with Gasteiger partial charge in [-0.05, 0) is 6.07 Å². The largest absolute Gasteiger partial charge is 0.326 e. The van der Waals surface area contributed by atoms with E-state index in [1.165, 1.54) is 23.5 Å². The van der Waals surface area contributed by atoms with Crippen molar-refractivity contribution in [1.82, 2.24) is 4.98 Å². The summed E-state index contributed by atoms with van der Waals surface area (Å²) >= 11 is 1.27. The van der Waals surface area contributed by atoms with E-state index in [0.29, 0.717) is 28.3 Å². The molecule has 2 N–H and O–H groups in total. The molecule has 1 saturated heterocycles. The highest BCUT2D eigenvalue weighted by atomic mass is 32.1. The molecule has 3 rings (SSSR count). The van der Waals surface area contributed by atoms with Crippen LogP contribution in [0.3, 0.4) is 0 Å². The number of rotatable bonds is 2. The molecular formula is C11H10N4O3S. The summed E-state index contributed by atoms with van der Waals surface area (Å²) in [6, 6.07) is 4.29. The average Bonchev–Trinajstić information content (AvgIpc) is 2.90. The normalized spacial score (nSPS) is 19.3. The van der Waals surface area contributed by atoms with Gasteiger partial charge in [-0.3, -0.25) is 19.8 Å². The average molecular weight is 278 g/mol. The Morgan fingerprint density at radius 2 is 2.32 bits per heavy atom. The smallest absolute Gasteiger partial charge is 0.270 e. The lowest BCUT2D eigenvalue weighted by Gasteiger charge is -2.10. The van der Waals surface area contributed by atoms with Gasteiger partial charge >= 0.3 is 0 Å². The molecule has 0 aliphatic carbocycles. The summed E-state index contributed by atoms with van der Waals surface area (Å²) in [7, 11) is 0. The summed E-state index contributed by atoms with van der Waals surface area (Å²) < 4.78 is 0.692. The maximum Gasteiger partial charge on any atom is 0.270 e. The lowest BCUT2D eigenvalue weighted by Crippen LogP contribution is -2.27. The van der Waals surface area contributed by atoms with E-state index >= 15 is 0 Å². The van der Waals surface area contributed by atoms with Crippen LogP contribution >= 0.6 is 11.3 Å². The Morgan fingerprint density at radius 3 is 2.95 bits per heavy atom. The van der Waals surface area contributed by atoms with Crippen LogP contribution in [0, 0.1) is 10.1 Å². The molecule has 0 saturated carbocycles. The zero-order chi connectivity index (χ0) is 13.6. The minimum atomic E-state index is -0.449. The number of aromatic nitrogens is 1. The first-order valence-corrected chi connectivity index (χ1v) is 6.47. The van der Waals surface area contributed by atoms with Crippen LogP contribution in [0.25, 0.3) is 10.2 Å². The number of nitrogens with zero attached hydrogens (tertiary/aromatic N) is 3. The van der Waals surface area contributed by atoms with E-state index in [9.17, 15) is 14.9 Å². The van der Waals surface area contributed by atoms with Gasteiger partial charge in [0.25, 0.3) is 5.69 Å². The predicted molar refractivity (Wildman–Crippen MR) is 71.2 cm³/mol. The number of nitro benzene ring substituents is 1. The van der Waals surface area contributed by atoms with Gasteiger partial charge in [-0.1, -0.05) is 11.3 Å². The minimum absolute atomic E-state index is 0.0205. The van der Waals surface area contributed by atoms with Crippen molar-refractivity contribution in [1.29, 1.82) is 0 Å². The zero-order valence-corrected chi connectivity index (χ0v) is 10.6. The van der Waals surface area contributed by atoms with E-state index in [1.54, 1.807) is 11.0 Å². The monoisotopic (exact) mass is 278 g/mol. The highest BCUT2D eigenvalue weighted by Gasteiger charge is 2.30. The maximum atomic E-state index is 11.7. The molecule has 1 aliphatic rings. The molecule has 1 amide bonds. The van der Waals surface area contributed by atoms with Crippen molar-refractivity contribution in [3.63, 3.8) is 0 Å². The number of fused-ring (bicyclic) bond motifs is 1. The number of nitrogens with two attached hydrogens (primary N) is 1. The van der Waals surface area contributed by atoms with Gasteiger partial charge in [0, 0.05) is 31.1 Å². The van der Waals surface area contributed by atoms with Crippen LogP contribution in [0.4, 0.5) is 10.8 Å². The van der Waals surface area contributed by atoms with Gasteiger partial charge in [-0.25, -0.2) is 4.98 Å². The Kier molecular flexibility index (Phi) is 2.68. The summed E-state index contributed by atoms with van der Waals surface area (Å²) in [6.45, 7) is 0.445. The number of nitro groups is 1. The van der Waals surface area contributed by atoms with Crippen LogP contribution in [-0.2, 0) is 4.79 Å². The number of anilines is 1. The van der Waals surface area contributed by atoms with E-state index in [2.05, 4.69) is 4.98 Å². The number of carbonyl (C=O) groups is 1. The van der Waals surface area contributed by atoms with Crippen molar-refractivity contribution in [3.8, 4) is 0 Å². The molecule has 1 aromatic heterocycles. The van der Waals surface area contributed by atoms with E-state index < -0.39 is 4.92 Å². The van der Waals surface area contributed by atoms with Crippen molar-refractivity contribution in [2.24, 2.45) is 5.73 Å². The molecule has 8 heteroatoms. The highest BCUT2D eigenvalue weighted by Crippen LogP contribution is 2.33. The van der Waals surface area contributed by atoms with Gasteiger partial charge < -0.3 is 5.73 Å². The van der Waals surface area contributed by atoms with Gasteiger partial charge in [0.2, 0.25) is 5.91 Å². The molecule has 1 atom stereocenters. The second-order valence-corrected chi connectivity index (χ2v) is 5.38. The predicted octanol–water partition coefficient (Wildman–Crippen LogP) is 1.27. The molecule has 1 aliphatic heterocycles. The van der Waals surface area contributed by atoms with Crippen LogP contribution in [0.5, 0.6) is 0 Å². The van der Waals surface area contributed by atoms with Crippen molar-refractivity contribution >= 4 is 38.3 Å². The van der Waals surface area contributed by atoms with E-state index in [4.69, 9.17) is 5.73 Å². The van der Waals surface area contributed by atoms with Crippen LogP contribution in [0.2, 0.25) is 0 Å². The molecule has 2 heterocycles. The summed E-state index contributed by atoms with van der Waals surface area (Å²) in [4.78, 5) is 27.9. The third kappa shape index (κ3) is 2.04. The number of carbonyl (C=O) groups excluding carboxylic acids is 1. The van der Waals surface area contributed by atoms with Crippen LogP contribution in [0.1, 0.15) is 6.42 Å². The molecule has 1 unspecified atom stereocenters. The molecule has 98 valence electrons. The number of benzene rings is 1. The number of amides is 1. The fourth-order valence-corrected chi connectivity index (χ4v) is 3.08. The molecule has 1 fully saturated rings. The highest BCUT2D eigenvalue weighted by molar-refractivity contribution is 7.22. The topological polar surface area (TPSA) is 102 Å². The van der Waals surface area contributed by atoms with Gasteiger partial charge in [-0.2, -0.15) is 0 Å². The van der Waals surface area contributed by atoms with Crippen LogP contribution in [-0.4, -0.2) is 28.4 Å². The standard InChI is InChI=1S/C11H10N4O3S/c12-6-3-10(16)14(5-6)11-13-8-2-1-7(15(17)18)4-9(8)19-11/h1-2,4,6H,3,5,12H2. The first kappa shape index (κ1) is 12.0. The SMILES string of the molecule is NC1CC(=O)N(c2nc3ccc([N+](=O)[O-])cc3s2)C1. The first-order valence-electron chi connectivity index (χ1n) is 5.65. The van der Waals surface area contributed by atoms with Crippen molar-refractivity contribution in [3.05, 3.63) is 28.3 Å². The summed E-state index contributed by atoms with van der Waals surface area (Å²) in [5.74, 6) is -0.0546. The van der Waals surface area contributed by atoms with E-state index in [0.717, 1.165) is 0 Å². The third-order valence-electron chi connectivity index (χ3n) is 2.96. The number of thiazole rings is 1. The first-order chi connectivity index (χ1) is 9.04. The number of hydrogen-bond donors (Lipinski definition) is 1. The third-order valence-corrected chi connectivity index (χ3v) is 4.00. The van der Waals surface area contributed by atoms with Crippen LogP contribution < -0.4 is 10.6 Å². The Morgan fingerprint density at radius 1 is 1.53 bits per heavy atom. The van der Waals surface area contributed by atoms with Gasteiger partial charge in [-0.15, -0.1) is 0 Å². The summed E-state index contributed by atoms with van der Waals surface area (Å²) in [5.41, 5.74) is 6.41. The fraction of sp³-hybridized carbons (Fsp3) is 0.273. The maximum absolute atomic E-state index is 11.7. The number of non-ortho nitro benzene ring substituents is 1. The second-order valence-electron chi connectivity index (χ2n) is 4.37. The second kappa shape index (κ2) is 4.25. The Labute approximate surface area is 111 Å². The molecule has 0 bridgehead atoms. The molecule has 7 nitrogen and oxygen atoms in total. The molecule has 19 heavy (non-hydrogen) atoms. The van der Waals surface area contributed by atoms with Crippen molar-refractivity contribution < 1.29 is 9.72 Å². The zero-order valence-electron chi connectivity index (χ0n) is 9.78. The van der Waals surface area contributed by atoms with Crippen molar-refractivity contribution in [2.45, 2.75) is 12.5 Å². The molecule has 2 aromatic rings. The molecule has 1 aromatic carbocycles. The van der Waals surface area contributed by atoms with Gasteiger partial charge in [0.1, 0.15) is 0 Å². The van der Waals surface area contributed by atoms with E-state index in [1.807, 2.05) is 0 Å². The lowest BCUT2D eigenvalue weighted by atomic mass is 10.3. The lowest BCUT2D eigenvalue weighted by molar-refractivity contribution is -0.384. The molecular weight excluding hydrogens is 268 g/mol. The Hall–Kier alpha value is -2.06. The summed E-state index contributed by atoms with van der Waals surface area (Å²) in [6.07, 6.45) is 0.316. The van der Waals surface area contributed by atoms with Crippen molar-refractivity contribution in [2.75, 3.05) is 11.4 Å². The molecule has 0 radical (unpaired) electrons. The van der Waals surface area contributed by atoms with Gasteiger partial charge in [0.05, 0.1) is 15.1 Å². The minimum Gasteiger partial charge on any atom is -0.326 e. The summed E-state index contributed by atoms with van der Waals surface area (Å²) in [5, 5.41) is 11.3. The quantitative estimate of drug-likeness (QED) is 0.658. The Balaban J connectivity index is 2.02. The molecule has 0 spiro atoms. The van der Waals surface area contributed by atoms with E-state index in [-0.39, 0.29) is 17.6 Å². The number of hydrogen-bond acceptors (Lipinski definition) is 6. The van der Waals surface area contributed by atoms with Gasteiger partial charge in [0.15, 0.2) is 5.13 Å².